The number of aromatic nitrogens is 2. The summed E-state index contributed by atoms with van der Waals surface area (Å²) in [5, 5.41) is 7.10. The van der Waals surface area contributed by atoms with E-state index in [0.717, 1.165) is 17.8 Å². The molecule has 0 amide bonds. The number of hydrogen-bond donors (Lipinski definition) is 1. The number of sulfone groups is 1. The van der Waals surface area contributed by atoms with Crippen LogP contribution in [0.5, 0.6) is 0 Å². The number of rotatable bonds is 7. The third kappa shape index (κ3) is 5.00. The third-order valence-corrected chi connectivity index (χ3v) is 3.99. The van der Waals surface area contributed by atoms with Crippen molar-refractivity contribution in [2.45, 2.75) is 25.8 Å². The Balaban J connectivity index is 2.47. The normalized spacial score (nSPS) is 13.9. The van der Waals surface area contributed by atoms with Gasteiger partial charge in [0.1, 0.15) is 9.84 Å². The minimum Gasteiger partial charge on any atom is -0.309 e. The molecule has 0 aromatic carbocycles. The Hall–Kier alpha value is -0.530. The Morgan fingerprint density at radius 3 is 2.81 bits per heavy atom. The average Bonchev–Trinajstić information content (AvgIpc) is 2.67. The number of hydrogen-bond acceptors (Lipinski definition) is 6. The Kier molecular flexibility index (Phi) is 5.30. The van der Waals surface area contributed by atoms with Crippen LogP contribution in [0.3, 0.4) is 0 Å². The van der Waals surface area contributed by atoms with Crippen LogP contribution >= 0.6 is 11.5 Å². The molecule has 7 heteroatoms. The minimum absolute atomic E-state index is 0.173. The van der Waals surface area contributed by atoms with Crippen molar-refractivity contribution in [1.82, 2.24) is 14.9 Å². The molecule has 1 rings (SSSR count). The molecule has 0 spiro atoms. The van der Waals surface area contributed by atoms with Gasteiger partial charge in [-0.15, -0.1) is 5.10 Å². The molecular formula is C9H17N3O2S2. The van der Waals surface area contributed by atoms with E-state index in [1.165, 1.54) is 17.8 Å². The molecule has 1 N–H and O–H groups in total. The van der Waals surface area contributed by atoms with Crippen LogP contribution in [-0.4, -0.2) is 36.6 Å². The second-order valence-corrected chi connectivity index (χ2v) is 6.78. The van der Waals surface area contributed by atoms with E-state index in [1.807, 2.05) is 6.92 Å². The summed E-state index contributed by atoms with van der Waals surface area (Å²) in [6.45, 7) is 2.87. The molecule has 1 heterocycles. The van der Waals surface area contributed by atoms with Gasteiger partial charge in [-0.05, 0) is 30.9 Å². The maximum Gasteiger partial charge on any atom is 0.147 e. The van der Waals surface area contributed by atoms with Crippen molar-refractivity contribution in [1.29, 1.82) is 0 Å². The van der Waals surface area contributed by atoms with Gasteiger partial charge in [-0.2, -0.15) is 0 Å². The first kappa shape index (κ1) is 13.5. The van der Waals surface area contributed by atoms with Crippen molar-refractivity contribution in [2.75, 3.05) is 18.6 Å². The van der Waals surface area contributed by atoms with Gasteiger partial charge in [0.05, 0.1) is 11.1 Å². The smallest absolute Gasteiger partial charge is 0.147 e. The lowest BCUT2D eigenvalue weighted by molar-refractivity contribution is 0.513. The van der Waals surface area contributed by atoms with Gasteiger partial charge in [0.15, 0.2) is 0 Å². The van der Waals surface area contributed by atoms with Gasteiger partial charge in [-0.25, -0.2) is 8.42 Å². The Bertz CT molecular complexity index is 389. The molecule has 1 aromatic rings. The first-order valence-corrected chi connectivity index (χ1v) is 8.04. The molecule has 16 heavy (non-hydrogen) atoms. The van der Waals surface area contributed by atoms with Gasteiger partial charge in [-0.3, -0.25) is 0 Å². The summed E-state index contributed by atoms with van der Waals surface area (Å²) in [5.41, 5.74) is 0. The van der Waals surface area contributed by atoms with Crippen LogP contribution < -0.4 is 5.32 Å². The zero-order valence-electron chi connectivity index (χ0n) is 9.51. The fourth-order valence-electron chi connectivity index (χ4n) is 1.47. The lowest BCUT2D eigenvalue weighted by atomic mass is 10.1. The Labute approximate surface area is 100 Å². The topological polar surface area (TPSA) is 72.0 Å². The summed E-state index contributed by atoms with van der Waals surface area (Å²) < 4.78 is 25.8. The molecule has 0 radical (unpaired) electrons. The van der Waals surface area contributed by atoms with Gasteiger partial charge in [-0.1, -0.05) is 11.4 Å². The highest BCUT2D eigenvalue weighted by atomic mass is 32.2. The fourth-order valence-corrected chi connectivity index (χ4v) is 2.77. The SMILES string of the molecule is CCNC(CCCS(C)(=O)=O)c1cnns1. The zero-order valence-corrected chi connectivity index (χ0v) is 11.1. The third-order valence-electron chi connectivity index (χ3n) is 2.18. The predicted octanol–water partition coefficient (Wildman–Crippen LogP) is 1.01. The first-order valence-electron chi connectivity index (χ1n) is 5.21. The van der Waals surface area contributed by atoms with E-state index in [-0.39, 0.29) is 11.8 Å². The molecule has 0 saturated carbocycles. The first-order chi connectivity index (χ1) is 7.53. The maximum atomic E-state index is 11.0. The van der Waals surface area contributed by atoms with E-state index in [2.05, 4.69) is 14.9 Å². The average molecular weight is 263 g/mol. The van der Waals surface area contributed by atoms with Crippen molar-refractivity contribution in [2.24, 2.45) is 0 Å². The van der Waals surface area contributed by atoms with E-state index >= 15 is 0 Å². The molecule has 1 aromatic heterocycles. The monoisotopic (exact) mass is 263 g/mol. The lowest BCUT2D eigenvalue weighted by Crippen LogP contribution is -2.20. The van der Waals surface area contributed by atoms with E-state index in [0.29, 0.717) is 6.42 Å². The van der Waals surface area contributed by atoms with Crippen molar-refractivity contribution in [3.63, 3.8) is 0 Å². The molecule has 0 saturated heterocycles. The molecule has 1 unspecified atom stereocenters. The quantitative estimate of drug-likeness (QED) is 0.795. The number of nitrogens with one attached hydrogen (secondary N) is 1. The van der Waals surface area contributed by atoms with Gasteiger partial charge < -0.3 is 5.32 Å². The van der Waals surface area contributed by atoms with E-state index in [1.54, 1.807) is 6.20 Å². The number of nitrogens with zero attached hydrogens (tertiary/aromatic N) is 2. The van der Waals surface area contributed by atoms with E-state index in [9.17, 15) is 8.42 Å². The summed E-state index contributed by atoms with van der Waals surface area (Å²) in [4.78, 5) is 1.07. The highest BCUT2D eigenvalue weighted by Gasteiger charge is 2.13. The van der Waals surface area contributed by atoms with Gasteiger partial charge in [0, 0.05) is 18.1 Å². The summed E-state index contributed by atoms with van der Waals surface area (Å²) in [5.74, 6) is 0.237. The molecule has 0 aliphatic heterocycles. The largest absolute Gasteiger partial charge is 0.309 e. The van der Waals surface area contributed by atoms with Crippen molar-refractivity contribution < 1.29 is 8.42 Å². The second-order valence-electron chi connectivity index (χ2n) is 3.70. The maximum absolute atomic E-state index is 11.0. The van der Waals surface area contributed by atoms with Crippen LogP contribution in [-0.2, 0) is 9.84 Å². The van der Waals surface area contributed by atoms with Crippen molar-refractivity contribution in [3.05, 3.63) is 11.1 Å². The van der Waals surface area contributed by atoms with Gasteiger partial charge in [0.2, 0.25) is 0 Å². The molecule has 0 fully saturated rings. The zero-order chi connectivity index (χ0) is 12.0. The molecular weight excluding hydrogens is 246 g/mol. The van der Waals surface area contributed by atoms with Crippen molar-refractivity contribution in [3.8, 4) is 0 Å². The van der Waals surface area contributed by atoms with Gasteiger partial charge >= 0.3 is 0 Å². The molecule has 0 aliphatic carbocycles. The summed E-state index contributed by atoms with van der Waals surface area (Å²) >= 11 is 1.36. The van der Waals surface area contributed by atoms with Crippen LogP contribution in [0.25, 0.3) is 0 Å². The predicted molar refractivity (Wildman–Crippen MR) is 65.3 cm³/mol. The summed E-state index contributed by atoms with van der Waals surface area (Å²) in [6.07, 6.45) is 4.46. The van der Waals surface area contributed by atoms with Crippen LogP contribution in [0.2, 0.25) is 0 Å². The Morgan fingerprint density at radius 1 is 1.56 bits per heavy atom. The molecule has 0 bridgehead atoms. The highest BCUT2D eigenvalue weighted by Crippen LogP contribution is 2.20. The van der Waals surface area contributed by atoms with Crippen LogP contribution in [0.4, 0.5) is 0 Å². The van der Waals surface area contributed by atoms with E-state index in [4.69, 9.17) is 0 Å². The molecule has 92 valence electrons. The lowest BCUT2D eigenvalue weighted by Gasteiger charge is -2.14. The van der Waals surface area contributed by atoms with Crippen LogP contribution in [0.15, 0.2) is 6.20 Å². The fraction of sp³-hybridized carbons (Fsp3) is 0.778. The highest BCUT2D eigenvalue weighted by molar-refractivity contribution is 7.90. The van der Waals surface area contributed by atoms with Crippen LogP contribution in [0.1, 0.15) is 30.7 Å². The summed E-state index contributed by atoms with van der Waals surface area (Å²) in [6, 6.07) is 0.173. The molecule has 5 nitrogen and oxygen atoms in total. The molecule has 1 atom stereocenters. The van der Waals surface area contributed by atoms with Crippen LogP contribution in [0, 0.1) is 0 Å². The Morgan fingerprint density at radius 2 is 2.31 bits per heavy atom. The van der Waals surface area contributed by atoms with Crippen molar-refractivity contribution >= 4 is 21.4 Å². The summed E-state index contributed by atoms with van der Waals surface area (Å²) in [7, 11) is -2.86. The van der Waals surface area contributed by atoms with E-state index < -0.39 is 9.84 Å². The molecule has 0 aliphatic rings. The minimum atomic E-state index is -2.86. The standard InChI is InChI=1S/C9H17N3O2S2/c1-3-10-8(9-7-11-12-15-9)5-4-6-16(2,13)14/h7-8,10H,3-6H2,1-2H3. The van der Waals surface area contributed by atoms with Gasteiger partial charge in [0.25, 0.3) is 0 Å². The second kappa shape index (κ2) is 6.27.